The molecule has 0 amide bonds. The fourth-order valence-electron chi connectivity index (χ4n) is 3.82. The zero-order valence-electron chi connectivity index (χ0n) is 15.5. The molecule has 1 fully saturated rings. The van der Waals surface area contributed by atoms with Crippen LogP contribution in [-0.2, 0) is 10.0 Å². The van der Waals surface area contributed by atoms with Gasteiger partial charge in [0.15, 0.2) is 5.78 Å². The third-order valence-corrected chi connectivity index (χ3v) is 7.89. The summed E-state index contributed by atoms with van der Waals surface area (Å²) < 4.78 is 33.3. The Morgan fingerprint density at radius 1 is 1.10 bits per heavy atom. The van der Waals surface area contributed by atoms with E-state index in [4.69, 9.17) is 27.9 Å². The van der Waals surface area contributed by atoms with Gasteiger partial charge in [-0.2, -0.15) is 4.31 Å². The van der Waals surface area contributed by atoms with E-state index in [9.17, 15) is 23.3 Å². The van der Waals surface area contributed by atoms with E-state index < -0.39 is 26.2 Å². The van der Waals surface area contributed by atoms with Crippen molar-refractivity contribution in [3.05, 3.63) is 62.1 Å². The monoisotopic (exact) mass is 470 g/mol. The van der Waals surface area contributed by atoms with Gasteiger partial charge in [0.05, 0.1) is 21.8 Å². The maximum Gasteiger partial charge on any atom is 0.289 e. The Morgan fingerprint density at radius 3 is 2.47 bits per heavy atom. The Labute approximate surface area is 182 Å². The van der Waals surface area contributed by atoms with E-state index in [0.29, 0.717) is 29.2 Å². The third kappa shape index (κ3) is 3.66. The highest BCUT2D eigenvalue weighted by Crippen LogP contribution is 2.41. The smallest absolute Gasteiger partial charge is 0.289 e. The largest absolute Gasteiger partial charge is 0.486 e. The quantitative estimate of drug-likeness (QED) is 0.493. The van der Waals surface area contributed by atoms with Crippen LogP contribution in [0.1, 0.15) is 29.6 Å². The molecule has 0 radical (unpaired) electrons. The van der Waals surface area contributed by atoms with Crippen molar-refractivity contribution >= 4 is 44.7 Å². The number of carbonyl (C=O) groups excluding carboxylic acids is 1. The molecule has 0 aromatic heterocycles. The van der Waals surface area contributed by atoms with E-state index in [-0.39, 0.29) is 35.2 Å². The van der Waals surface area contributed by atoms with Gasteiger partial charge in [-0.1, -0.05) is 23.2 Å². The molecular formula is C19H16Cl2N2O6S. The van der Waals surface area contributed by atoms with Crippen LogP contribution in [0.15, 0.2) is 41.3 Å². The predicted octanol–water partition coefficient (Wildman–Crippen LogP) is 4.09. The number of halogens is 2. The topological polar surface area (TPSA) is 107 Å². The molecule has 4 rings (SSSR count). The fourth-order valence-corrected chi connectivity index (χ4v) is 5.64. The Kier molecular flexibility index (Phi) is 5.26. The summed E-state index contributed by atoms with van der Waals surface area (Å²) in [7, 11) is -3.96. The standard InChI is InChI=1S/C19H16Cl2N2O6S/c20-12-1-4-18-14(9-12)17(24)11-19(29-18)5-7-22(8-6-19)30(27,28)13-2-3-15(21)16(10-13)23(25)26/h1-4,9-10H,5-8,11H2. The van der Waals surface area contributed by atoms with Gasteiger partial charge in [0.25, 0.3) is 5.69 Å². The van der Waals surface area contributed by atoms with Crippen molar-refractivity contribution in [2.45, 2.75) is 29.8 Å². The van der Waals surface area contributed by atoms with Crippen LogP contribution in [0.4, 0.5) is 5.69 Å². The Morgan fingerprint density at radius 2 is 1.80 bits per heavy atom. The molecule has 0 N–H and O–H groups in total. The third-order valence-electron chi connectivity index (χ3n) is 5.44. The first-order valence-electron chi connectivity index (χ1n) is 9.07. The first-order valence-corrected chi connectivity index (χ1v) is 11.3. The molecule has 158 valence electrons. The van der Waals surface area contributed by atoms with E-state index >= 15 is 0 Å². The van der Waals surface area contributed by atoms with Crippen molar-refractivity contribution in [2.24, 2.45) is 0 Å². The van der Waals surface area contributed by atoms with Crippen molar-refractivity contribution in [3.8, 4) is 5.75 Å². The minimum atomic E-state index is -3.96. The molecule has 0 atom stereocenters. The van der Waals surface area contributed by atoms with Crippen LogP contribution in [0.25, 0.3) is 0 Å². The lowest BCUT2D eigenvalue weighted by Crippen LogP contribution is -2.52. The van der Waals surface area contributed by atoms with E-state index in [0.717, 1.165) is 6.07 Å². The zero-order chi connectivity index (χ0) is 21.7. The summed E-state index contributed by atoms with van der Waals surface area (Å²) in [6.07, 6.45) is 0.770. The molecule has 2 aliphatic heterocycles. The maximum atomic E-state index is 13.0. The van der Waals surface area contributed by atoms with Gasteiger partial charge in [-0.15, -0.1) is 0 Å². The number of nitro benzene ring substituents is 1. The summed E-state index contributed by atoms with van der Waals surface area (Å²) in [5, 5.41) is 11.4. The number of ether oxygens (including phenoxy) is 1. The van der Waals surface area contributed by atoms with Gasteiger partial charge in [0.2, 0.25) is 10.0 Å². The molecule has 0 aliphatic carbocycles. The highest BCUT2D eigenvalue weighted by molar-refractivity contribution is 7.89. The number of ketones is 1. The first-order chi connectivity index (χ1) is 14.1. The maximum absolute atomic E-state index is 13.0. The SMILES string of the molecule is O=C1CC2(CCN(S(=O)(=O)c3ccc(Cl)c([N+](=O)[O-])c3)CC2)Oc2ccc(Cl)cc21. The van der Waals surface area contributed by atoms with Crippen LogP contribution in [0.5, 0.6) is 5.75 Å². The molecule has 0 unspecified atom stereocenters. The molecule has 30 heavy (non-hydrogen) atoms. The molecule has 0 bridgehead atoms. The van der Waals surface area contributed by atoms with Gasteiger partial charge in [-0.3, -0.25) is 14.9 Å². The molecule has 11 heteroatoms. The van der Waals surface area contributed by atoms with Crippen molar-refractivity contribution in [2.75, 3.05) is 13.1 Å². The number of sulfonamides is 1. The first kappa shape index (κ1) is 21.0. The zero-order valence-corrected chi connectivity index (χ0v) is 17.8. The Hall–Kier alpha value is -2.20. The van der Waals surface area contributed by atoms with E-state index in [1.807, 2.05) is 0 Å². The highest BCUT2D eigenvalue weighted by atomic mass is 35.5. The summed E-state index contributed by atoms with van der Waals surface area (Å²) in [5.41, 5.74) is -0.824. The average Bonchev–Trinajstić information content (AvgIpc) is 2.69. The molecule has 8 nitrogen and oxygen atoms in total. The number of hydrogen-bond donors (Lipinski definition) is 0. The second kappa shape index (κ2) is 7.49. The molecule has 1 spiro atoms. The van der Waals surface area contributed by atoms with E-state index in [1.165, 1.54) is 16.4 Å². The van der Waals surface area contributed by atoms with Crippen LogP contribution in [0.3, 0.4) is 0 Å². The number of nitrogens with zero attached hydrogens (tertiary/aromatic N) is 2. The van der Waals surface area contributed by atoms with Gasteiger partial charge in [0, 0.05) is 37.0 Å². The van der Waals surface area contributed by atoms with Crippen molar-refractivity contribution in [1.29, 1.82) is 0 Å². The summed E-state index contributed by atoms with van der Waals surface area (Å²) in [4.78, 5) is 22.8. The summed E-state index contributed by atoms with van der Waals surface area (Å²) in [6.45, 7) is 0.240. The van der Waals surface area contributed by atoms with E-state index in [1.54, 1.807) is 18.2 Å². The predicted molar refractivity (Wildman–Crippen MR) is 110 cm³/mol. The fraction of sp³-hybridized carbons (Fsp3) is 0.316. The van der Waals surface area contributed by atoms with Crippen LogP contribution >= 0.6 is 23.2 Å². The molecular weight excluding hydrogens is 455 g/mol. The molecule has 1 saturated heterocycles. The molecule has 2 aliphatic rings. The van der Waals surface area contributed by atoms with Crippen molar-refractivity contribution in [1.82, 2.24) is 4.31 Å². The van der Waals surface area contributed by atoms with Gasteiger partial charge in [-0.05, 0) is 30.3 Å². The number of carbonyl (C=O) groups is 1. The number of benzene rings is 2. The van der Waals surface area contributed by atoms with Gasteiger partial charge < -0.3 is 4.74 Å². The summed E-state index contributed by atoms with van der Waals surface area (Å²) in [5.74, 6) is 0.351. The number of piperidine rings is 1. The number of Topliss-reactive ketones (excluding diaryl/α,β-unsaturated/α-hetero) is 1. The van der Waals surface area contributed by atoms with Gasteiger partial charge in [-0.25, -0.2) is 8.42 Å². The van der Waals surface area contributed by atoms with Crippen LogP contribution < -0.4 is 4.74 Å². The van der Waals surface area contributed by atoms with Crippen molar-refractivity contribution in [3.63, 3.8) is 0 Å². The van der Waals surface area contributed by atoms with E-state index in [2.05, 4.69) is 0 Å². The second-order valence-electron chi connectivity index (χ2n) is 7.30. The lowest BCUT2D eigenvalue weighted by Gasteiger charge is -2.43. The number of rotatable bonds is 3. The normalized spacial score (nSPS) is 18.7. The highest BCUT2D eigenvalue weighted by Gasteiger charge is 2.45. The number of fused-ring (bicyclic) bond motifs is 1. The molecule has 0 saturated carbocycles. The lowest BCUT2D eigenvalue weighted by atomic mass is 9.83. The van der Waals surface area contributed by atoms with Crippen LogP contribution in [0, 0.1) is 10.1 Å². The summed E-state index contributed by atoms with van der Waals surface area (Å²) in [6, 6.07) is 8.26. The minimum absolute atomic E-state index is 0.0941. The minimum Gasteiger partial charge on any atom is -0.486 e. The number of hydrogen-bond acceptors (Lipinski definition) is 6. The van der Waals surface area contributed by atoms with Gasteiger partial charge in [0.1, 0.15) is 16.4 Å². The molecule has 2 heterocycles. The lowest BCUT2D eigenvalue weighted by molar-refractivity contribution is -0.384. The molecule has 2 aromatic rings. The van der Waals surface area contributed by atoms with Crippen LogP contribution in [-0.4, -0.2) is 42.1 Å². The Bertz CT molecular complexity index is 1160. The van der Waals surface area contributed by atoms with Gasteiger partial charge >= 0.3 is 0 Å². The van der Waals surface area contributed by atoms with Crippen LogP contribution in [0.2, 0.25) is 10.0 Å². The molecule has 2 aromatic carbocycles. The Balaban J connectivity index is 1.55. The summed E-state index contributed by atoms with van der Waals surface area (Å²) >= 11 is 11.7. The second-order valence-corrected chi connectivity index (χ2v) is 10.1. The number of nitro groups is 1. The van der Waals surface area contributed by atoms with Crippen molar-refractivity contribution < 1.29 is 22.9 Å². The average molecular weight is 471 g/mol.